The second kappa shape index (κ2) is 6.76. The Balaban J connectivity index is 2.17. The highest BCUT2D eigenvalue weighted by Crippen LogP contribution is 2.24. The number of thioether (sulfide) groups is 1. The van der Waals surface area contributed by atoms with Gasteiger partial charge in [0.25, 0.3) is 5.56 Å². The molecule has 6 heteroatoms. The Hall–Kier alpha value is -1.82. The summed E-state index contributed by atoms with van der Waals surface area (Å²) >= 11 is 1.47. The van der Waals surface area contributed by atoms with Crippen LogP contribution in [0.3, 0.4) is 0 Å². The zero-order valence-electron chi connectivity index (χ0n) is 12.6. The first-order chi connectivity index (χ1) is 10.0. The Kier molecular flexibility index (Phi) is 5.01. The number of pyridine rings is 1. The van der Waals surface area contributed by atoms with Gasteiger partial charge in [0.1, 0.15) is 0 Å². The number of hydrogen-bond acceptors (Lipinski definition) is 5. The molecule has 2 aromatic heterocycles. The summed E-state index contributed by atoms with van der Waals surface area (Å²) in [5.41, 5.74) is 10.4. The normalized spacial score (nSPS) is 10.8. The molecule has 5 nitrogen and oxygen atoms in total. The maximum atomic E-state index is 11.6. The number of nitrogen functional groups attached to an aromatic ring is 1. The van der Waals surface area contributed by atoms with Gasteiger partial charge >= 0.3 is 0 Å². The monoisotopic (exact) mass is 304 g/mol. The number of rotatable bonds is 5. The van der Waals surface area contributed by atoms with Crippen LogP contribution in [0.5, 0.6) is 0 Å². The molecule has 112 valence electrons. The van der Waals surface area contributed by atoms with Gasteiger partial charge < -0.3 is 10.7 Å². The Morgan fingerprint density at radius 1 is 1.38 bits per heavy atom. The SMILES string of the molecule is CCCc1cc(=O)[nH]c(SCc2ncc(C)c(N)c2C)n1. The zero-order valence-corrected chi connectivity index (χ0v) is 13.4. The van der Waals surface area contributed by atoms with E-state index in [0.29, 0.717) is 10.9 Å². The molecule has 0 atom stereocenters. The van der Waals surface area contributed by atoms with Gasteiger partial charge in [-0.25, -0.2) is 4.98 Å². The number of nitrogens with two attached hydrogens (primary N) is 1. The summed E-state index contributed by atoms with van der Waals surface area (Å²) in [5, 5.41) is 0.631. The molecule has 0 fully saturated rings. The van der Waals surface area contributed by atoms with Crippen molar-refractivity contribution in [2.24, 2.45) is 0 Å². The number of aromatic nitrogens is 3. The number of H-pyrrole nitrogens is 1. The Bertz CT molecular complexity index is 697. The van der Waals surface area contributed by atoms with Crippen molar-refractivity contribution in [1.82, 2.24) is 15.0 Å². The van der Waals surface area contributed by atoms with Crippen LogP contribution in [-0.4, -0.2) is 15.0 Å². The molecule has 2 rings (SSSR count). The molecule has 2 heterocycles. The number of hydrogen-bond donors (Lipinski definition) is 2. The lowest BCUT2D eigenvalue weighted by atomic mass is 10.1. The fourth-order valence-corrected chi connectivity index (χ4v) is 2.93. The van der Waals surface area contributed by atoms with E-state index in [0.717, 1.165) is 41.0 Å². The molecule has 0 aromatic carbocycles. The predicted octanol–water partition coefficient (Wildman–Crippen LogP) is 2.61. The van der Waals surface area contributed by atoms with E-state index in [2.05, 4.69) is 21.9 Å². The lowest BCUT2D eigenvalue weighted by Crippen LogP contribution is -2.10. The standard InChI is InChI=1S/C15H20N4OS/c1-4-5-11-6-13(20)19-15(18-11)21-8-12-10(3)14(16)9(2)7-17-12/h6-7H,4-5,8H2,1-3H3,(H2,16,17)(H,18,19,20). The third kappa shape index (κ3) is 3.85. The average Bonchev–Trinajstić information content (AvgIpc) is 2.44. The van der Waals surface area contributed by atoms with Gasteiger partial charge in [-0.05, 0) is 31.4 Å². The molecule has 0 bridgehead atoms. The Labute approximate surface area is 128 Å². The molecule has 3 N–H and O–H groups in total. The van der Waals surface area contributed by atoms with Crippen molar-refractivity contribution in [2.75, 3.05) is 5.73 Å². The molecule has 0 unspecified atom stereocenters. The molecule has 0 saturated heterocycles. The number of aryl methyl sites for hydroxylation is 2. The van der Waals surface area contributed by atoms with Crippen LogP contribution in [0.4, 0.5) is 5.69 Å². The van der Waals surface area contributed by atoms with Crippen LogP contribution >= 0.6 is 11.8 Å². The topological polar surface area (TPSA) is 84.7 Å². The van der Waals surface area contributed by atoms with Gasteiger partial charge in [0, 0.05) is 29.4 Å². The van der Waals surface area contributed by atoms with E-state index in [-0.39, 0.29) is 5.56 Å². The molecule has 0 aliphatic carbocycles. The highest BCUT2D eigenvalue weighted by molar-refractivity contribution is 7.98. The maximum Gasteiger partial charge on any atom is 0.251 e. The first kappa shape index (κ1) is 15.6. The third-order valence-corrected chi connectivity index (χ3v) is 4.19. The fraction of sp³-hybridized carbons (Fsp3) is 0.400. The van der Waals surface area contributed by atoms with Gasteiger partial charge in [0.15, 0.2) is 5.16 Å². The minimum atomic E-state index is -0.107. The van der Waals surface area contributed by atoms with Crippen LogP contribution in [-0.2, 0) is 12.2 Å². The summed E-state index contributed by atoms with van der Waals surface area (Å²) in [7, 11) is 0. The number of anilines is 1. The average molecular weight is 304 g/mol. The van der Waals surface area contributed by atoms with Crippen molar-refractivity contribution < 1.29 is 0 Å². The molecule has 21 heavy (non-hydrogen) atoms. The second-order valence-electron chi connectivity index (χ2n) is 5.01. The fourth-order valence-electron chi connectivity index (χ4n) is 2.01. The van der Waals surface area contributed by atoms with E-state index in [1.54, 1.807) is 12.3 Å². The molecule has 0 radical (unpaired) electrons. The van der Waals surface area contributed by atoms with Crippen molar-refractivity contribution in [3.63, 3.8) is 0 Å². The first-order valence-corrected chi connectivity index (χ1v) is 7.93. The Morgan fingerprint density at radius 3 is 2.86 bits per heavy atom. The second-order valence-corrected chi connectivity index (χ2v) is 5.97. The summed E-state index contributed by atoms with van der Waals surface area (Å²) < 4.78 is 0. The van der Waals surface area contributed by atoms with Gasteiger partial charge in [0.05, 0.1) is 5.69 Å². The third-order valence-electron chi connectivity index (χ3n) is 3.30. The summed E-state index contributed by atoms with van der Waals surface area (Å²) in [6.45, 7) is 5.98. The van der Waals surface area contributed by atoms with E-state index < -0.39 is 0 Å². The summed E-state index contributed by atoms with van der Waals surface area (Å²) in [6.07, 6.45) is 3.56. The van der Waals surface area contributed by atoms with Gasteiger partial charge in [-0.1, -0.05) is 25.1 Å². The van der Waals surface area contributed by atoms with E-state index in [9.17, 15) is 4.79 Å². The predicted molar refractivity (Wildman–Crippen MR) is 86.5 cm³/mol. The summed E-state index contributed by atoms with van der Waals surface area (Å²) in [6, 6.07) is 1.56. The molecule has 0 saturated carbocycles. The quantitative estimate of drug-likeness (QED) is 0.655. The van der Waals surface area contributed by atoms with Crippen molar-refractivity contribution in [3.8, 4) is 0 Å². The molecular weight excluding hydrogens is 284 g/mol. The first-order valence-electron chi connectivity index (χ1n) is 6.94. The number of aromatic amines is 1. The molecule has 2 aromatic rings. The molecule has 0 spiro atoms. The number of nitrogens with one attached hydrogen (secondary N) is 1. The van der Waals surface area contributed by atoms with E-state index >= 15 is 0 Å². The molecule has 0 amide bonds. The summed E-state index contributed by atoms with van der Waals surface area (Å²) in [5.74, 6) is 0.634. The highest BCUT2D eigenvalue weighted by Gasteiger charge is 2.08. The van der Waals surface area contributed by atoms with Gasteiger partial charge in [-0.15, -0.1) is 0 Å². The lowest BCUT2D eigenvalue weighted by molar-refractivity contribution is 0.815. The largest absolute Gasteiger partial charge is 0.398 e. The van der Waals surface area contributed by atoms with Gasteiger partial charge in [-0.2, -0.15) is 0 Å². The molecule has 0 aliphatic rings. The van der Waals surface area contributed by atoms with Gasteiger partial charge in [0.2, 0.25) is 0 Å². The highest BCUT2D eigenvalue weighted by atomic mass is 32.2. The van der Waals surface area contributed by atoms with Crippen LogP contribution in [0.1, 0.15) is 35.9 Å². The Morgan fingerprint density at radius 2 is 2.14 bits per heavy atom. The van der Waals surface area contributed by atoms with Crippen LogP contribution in [0.25, 0.3) is 0 Å². The van der Waals surface area contributed by atoms with Crippen molar-refractivity contribution in [2.45, 2.75) is 44.5 Å². The number of nitrogens with zero attached hydrogens (tertiary/aromatic N) is 2. The van der Waals surface area contributed by atoms with Crippen LogP contribution < -0.4 is 11.3 Å². The van der Waals surface area contributed by atoms with E-state index in [4.69, 9.17) is 5.73 Å². The van der Waals surface area contributed by atoms with Crippen molar-refractivity contribution in [1.29, 1.82) is 0 Å². The minimum absolute atomic E-state index is 0.107. The van der Waals surface area contributed by atoms with E-state index in [1.165, 1.54) is 11.8 Å². The van der Waals surface area contributed by atoms with Crippen molar-refractivity contribution >= 4 is 17.4 Å². The smallest absolute Gasteiger partial charge is 0.251 e. The molecule has 0 aliphatic heterocycles. The molecular formula is C15H20N4OS. The minimum Gasteiger partial charge on any atom is -0.398 e. The maximum absolute atomic E-state index is 11.6. The van der Waals surface area contributed by atoms with E-state index in [1.807, 2.05) is 13.8 Å². The van der Waals surface area contributed by atoms with Crippen LogP contribution in [0.2, 0.25) is 0 Å². The van der Waals surface area contributed by atoms with Crippen LogP contribution in [0, 0.1) is 13.8 Å². The lowest BCUT2D eigenvalue weighted by Gasteiger charge is -2.09. The zero-order chi connectivity index (χ0) is 15.4. The van der Waals surface area contributed by atoms with Gasteiger partial charge in [-0.3, -0.25) is 9.78 Å². The van der Waals surface area contributed by atoms with Crippen molar-refractivity contribution in [3.05, 3.63) is 45.1 Å². The van der Waals surface area contributed by atoms with Crippen LogP contribution in [0.15, 0.2) is 22.2 Å². The summed E-state index contributed by atoms with van der Waals surface area (Å²) in [4.78, 5) is 23.2.